The summed E-state index contributed by atoms with van der Waals surface area (Å²) in [4.78, 5) is 89.0. The van der Waals surface area contributed by atoms with E-state index in [1.807, 2.05) is 65.8 Å². The van der Waals surface area contributed by atoms with Gasteiger partial charge in [-0.3, -0.25) is 4.79 Å². The quantitative estimate of drug-likeness (QED) is 0.0751. The first-order chi connectivity index (χ1) is 38.1. The maximum absolute atomic E-state index is 13.0. The standard InChI is InChI=1S/C24H37NO5.C24H35NO5.C13H13IO8/c2*1-15(2)11-16(3)20(26)14-19-18-13-22(29-8)21(28-7)12-17(18)9-10-25(19)23(27)30-24(4,5)6;1-8(15)19-14(20-9(2)16,21-10(3)17)12-7-5-4-6-11(12)13(18)22-14/h12-13,15,19-20,26H,3,9-11,14H2,1-2,4-8H3;12-13,15,19H,3,9-11,14H2,1-2,4-8H3;4-7H,1-3H3/t19-,20?;19-;/m11./s1. The van der Waals surface area contributed by atoms with E-state index in [2.05, 4.69) is 40.9 Å². The number of amides is 2. The molecule has 0 aromatic heterocycles. The van der Waals surface area contributed by atoms with Gasteiger partial charge < -0.3 is 43.3 Å². The Labute approximate surface area is 485 Å². The van der Waals surface area contributed by atoms with Crippen LogP contribution in [0.4, 0.5) is 9.59 Å². The number of Topliss-reactive ketones (excluding diaryl/α,β-unsaturated/α-hetero) is 1. The first kappa shape index (κ1) is 67.6. The molecule has 0 fully saturated rings. The van der Waals surface area contributed by atoms with E-state index in [4.69, 9.17) is 40.7 Å². The van der Waals surface area contributed by atoms with Gasteiger partial charge in [-0.05, 0) is 137 Å². The minimum atomic E-state index is -6.03. The van der Waals surface area contributed by atoms with Crippen LogP contribution in [0.5, 0.6) is 23.0 Å². The van der Waals surface area contributed by atoms with Gasteiger partial charge in [0, 0.05) is 25.9 Å². The molecule has 0 saturated heterocycles. The molecule has 21 heteroatoms. The first-order valence-corrected chi connectivity index (χ1v) is 31.6. The summed E-state index contributed by atoms with van der Waals surface area (Å²) < 4.78 is 53.6. The van der Waals surface area contributed by atoms with E-state index < -0.39 is 72.0 Å². The number of methoxy groups -OCH3 is 4. The van der Waals surface area contributed by atoms with Crippen LogP contribution < -0.4 is 18.9 Å². The summed E-state index contributed by atoms with van der Waals surface area (Å²) in [6.07, 6.45) is 1.68. The predicted octanol–water partition coefficient (Wildman–Crippen LogP) is 11.9. The zero-order valence-electron chi connectivity index (χ0n) is 50.7. The molecule has 3 aromatic carbocycles. The average molecular weight is 1260 g/mol. The van der Waals surface area contributed by atoms with E-state index >= 15 is 0 Å². The van der Waals surface area contributed by atoms with E-state index in [1.54, 1.807) is 44.3 Å². The molecule has 0 radical (unpaired) electrons. The number of hydrogen-bond acceptors (Lipinski definition) is 18. The number of benzene rings is 3. The van der Waals surface area contributed by atoms with Gasteiger partial charge in [-0.2, -0.15) is 0 Å². The summed E-state index contributed by atoms with van der Waals surface area (Å²) in [6, 6.07) is 12.7. The van der Waals surface area contributed by atoms with Crippen LogP contribution in [0, 0.1) is 15.4 Å². The summed E-state index contributed by atoms with van der Waals surface area (Å²) in [7, 11) is 6.37. The van der Waals surface area contributed by atoms with Crippen molar-refractivity contribution in [3.05, 3.63) is 104 Å². The number of aliphatic hydroxyl groups is 1. The number of allylic oxidation sites excluding steroid dienone is 1. The fourth-order valence-electron chi connectivity index (χ4n) is 9.46. The van der Waals surface area contributed by atoms with Crippen molar-refractivity contribution in [2.75, 3.05) is 41.5 Å². The summed E-state index contributed by atoms with van der Waals surface area (Å²) in [5.41, 5.74) is 4.11. The molecule has 82 heavy (non-hydrogen) atoms. The van der Waals surface area contributed by atoms with Crippen molar-refractivity contribution >= 4 is 60.6 Å². The van der Waals surface area contributed by atoms with Crippen LogP contribution >= 0.6 is 18.7 Å². The number of ketones is 1. The molecule has 2 amide bonds. The molecule has 0 aliphatic carbocycles. The molecule has 3 heterocycles. The third kappa shape index (κ3) is 17.3. The van der Waals surface area contributed by atoms with Gasteiger partial charge in [-0.1, -0.05) is 40.9 Å². The molecule has 20 nitrogen and oxygen atoms in total. The summed E-state index contributed by atoms with van der Waals surface area (Å²) in [6.45, 7) is 31.5. The zero-order chi connectivity index (χ0) is 61.8. The number of carbonyl (C=O) groups is 7. The van der Waals surface area contributed by atoms with Crippen LogP contribution in [-0.4, -0.2) is 116 Å². The Kier molecular flexibility index (Phi) is 23.0. The number of hydrogen-bond donors (Lipinski definition) is 1. The molecule has 454 valence electrons. The van der Waals surface area contributed by atoms with Crippen molar-refractivity contribution in [2.24, 2.45) is 11.8 Å². The van der Waals surface area contributed by atoms with Gasteiger partial charge in [0.2, 0.25) is 0 Å². The van der Waals surface area contributed by atoms with E-state index in [-0.39, 0.29) is 33.5 Å². The minimum absolute atomic E-state index is 0.0142. The molecular weight excluding hydrogens is 1180 g/mol. The van der Waals surface area contributed by atoms with Gasteiger partial charge in [0.15, 0.2) is 28.8 Å². The molecule has 6 rings (SSSR count). The second-order valence-electron chi connectivity index (χ2n) is 22.8. The summed E-state index contributed by atoms with van der Waals surface area (Å²) >= 11 is -6.03. The molecule has 1 unspecified atom stereocenters. The Hall–Kier alpha value is -6.88. The van der Waals surface area contributed by atoms with Gasteiger partial charge in [0.05, 0.1) is 46.6 Å². The van der Waals surface area contributed by atoms with Crippen LogP contribution in [0.2, 0.25) is 0 Å². The molecule has 1 N–H and O–H groups in total. The Morgan fingerprint density at radius 1 is 0.646 bits per heavy atom. The second-order valence-corrected chi connectivity index (χ2v) is 29.6. The van der Waals surface area contributed by atoms with Gasteiger partial charge in [-0.15, -0.1) is 0 Å². The van der Waals surface area contributed by atoms with Gasteiger partial charge in [0.1, 0.15) is 11.2 Å². The normalized spacial score (nSPS) is 17.3. The Morgan fingerprint density at radius 3 is 1.45 bits per heavy atom. The molecule has 3 aliphatic rings. The van der Waals surface area contributed by atoms with Crippen molar-refractivity contribution in [3.8, 4) is 23.0 Å². The Balaban J connectivity index is 0.000000268. The number of ether oxygens (including phenoxy) is 6. The molecule has 0 bridgehead atoms. The number of nitrogens with zero attached hydrogens (tertiary/aromatic N) is 2. The summed E-state index contributed by atoms with van der Waals surface area (Å²) in [5, 5.41) is 10.9. The van der Waals surface area contributed by atoms with Crippen LogP contribution in [0.1, 0.15) is 160 Å². The molecule has 0 spiro atoms. The van der Waals surface area contributed by atoms with Gasteiger partial charge >= 0.3 is 140 Å². The Bertz CT molecular complexity index is 2830. The third-order valence-corrected chi connectivity index (χ3v) is 20.8. The van der Waals surface area contributed by atoms with Crippen LogP contribution in [0.15, 0.2) is 72.8 Å². The molecule has 3 aromatic rings. The number of carbonyl (C=O) groups excluding carboxylic acids is 7. The van der Waals surface area contributed by atoms with E-state index in [9.17, 15) is 38.7 Å². The molecular formula is C61H85IN2O18. The van der Waals surface area contributed by atoms with E-state index in [0.717, 1.165) is 55.0 Å². The molecule has 3 atom stereocenters. The maximum atomic E-state index is 13.0. The van der Waals surface area contributed by atoms with Crippen molar-refractivity contribution in [3.63, 3.8) is 0 Å². The fourth-order valence-corrected chi connectivity index (χ4v) is 17.2. The van der Waals surface area contributed by atoms with Gasteiger partial charge in [0.25, 0.3) is 0 Å². The topological polar surface area (TPSA) is 238 Å². The number of halogens is 1. The van der Waals surface area contributed by atoms with Crippen molar-refractivity contribution in [1.82, 2.24) is 9.80 Å². The van der Waals surface area contributed by atoms with Crippen molar-refractivity contribution < 1.29 is 79.4 Å². The average Bonchev–Trinajstić information content (AvgIpc) is 2.23. The predicted molar refractivity (Wildman–Crippen MR) is 315 cm³/mol. The number of fused-ring (bicyclic) bond motifs is 3. The van der Waals surface area contributed by atoms with Gasteiger partial charge in [-0.25, -0.2) is 9.59 Å². The zero-order valence-corrected chi connectivity index (χ0v) is 52.9. The van der Waals surface area contributed by atoms with Crippen LogP contribution in [-0.2, 0) is 53.8 Å². The fraction of sp³-hybridized carbons (Fsp3) is 0.525. The number of aliphatic hydroxyl groups excluding tert-OH is 1. The van der Waals surface area contributed by atoms with Crippen LogP contribution in [0.25, 0.3) is 0 Å². The van der Waals surface area contributed by atoms with E-state index in [0.29, 0.717) is 79.2 Å². The van der Waals surface area contributed by atoms with Crippen molar-refractivity contribution in [1.29, 1.82) is 0 Å². The Morgan fingerprint density at radius 2 is 1.05 bits per heavy atom. The first-order valence-electron chi connectivity index (χ1n) is 27.0. The SMILES string of the molecule is C=C(CC(C)C)C(=O)C[C@@H]1c2cc(OC)c(OC)cc2CCN1C(=O)OC(C)(C)C.C=C(CC(C)C)C(O)C[C@@H]1c2cc(OC)c(OC)cc2CCN1C(=O)OC(C)(C)C.CC(=O)OI1(OC(C)=O)(OC(C)=O)OC(=O)c2ccccc21. The summed E-state index contributed by atoms with van der Waals surface area (Å²) in [5.74, 6) is -0.476. The molecule has 0 saturated carbocycles. The second kappa shape index (κ2) is 27.9. The van der Waals surface area contributed by atoms with Crippen LogP contribution in [0.3, 0.4) is 0 Å². The number of rotatable bonds is 17. The molecule has 3 aliphatic heterocycles. The monoisotopic (exact) mass is 1260 g/mol. The third-order valence-electron chi connectivity index (χ3n) is 12.6. The van der Waals surface area contributed by atoms with E-state index in [1.165, 1.54) is 18.2 Å². The van der Waals surface area contributed by atoms with Crippen molar-refractivity contribution in [2.45, 2.75) is 158 Å².